The molecular formula is C23H24ClFN4O5S. The summed E-state index contributed by atoms with van der Waals surface area (Å²) in [7, 11) is 0. The van der Waals surface area contributed by atoms with E-state index in [9.17, 15) is 19.1 Å². The van der Waals surface area contributed by atoms with E-state index in [2.05, 4.69) is 10.3 Å². The Morgan fingerprint density at radius 2 is 2.26 bits per heavy atom. The molecule has 1 fully saturated rings. The second-order valence-corrected chi connectivity index (χ2v) is 9.22. The van der Waals surface area contributed by atoms with Crippen LogP contribution in [0.2, 0.25) is 5.02 Å². The van der Waals surface area contributed by atoms with Crippen LogP contribution in [-0.4, -0.2) is 71.7 Å². The fourth-order valence-electron chi connectivity index (χ4n) is 4.06. The first-order valence-electron chi connectivity index (χ1n) is 11.0. The number of thiazole rings is 1. The van der Waals surface area contributed by atoms with Crippen molar-refractivity contribution in [2.45, 2.75) is 25.4 Å². The van der Waals surface area contributed by atoms with Gasteiger partial charge in [-0.3, -0.25) is 14.7 Å². The Kier molecular flexibility index (Phi) is 8.11. The van der Waals surface area contributed by atoms with E-state index in [0.29, 0.717) is 35.3 Å². The van der Waals surface area contributed by atoms with Gasteiger partial charge in [0.1, 0.15) is 11.9 Å². The Morgan fingerprint density at radius 3 is 2.94 bits per heavy atom. The van der Waals surface area contributed by atoms with E-state index in [1.807, 2.05) is 4.90 Å². The molecule has 2 unspecified atom stereocenters. The number of amidine groups is 1. The third-order valence-electron chi connectivity index (χ3n) is 5.63. The highest BCUT2D eigenvalue weighted by Gasteiger charge is 2.36. The topological polar surface area (TPSA) is 113 Å². The number of hydrogen-bond acceptors (Lipinski definition) is 9. The fourth-order valence-corrected chi connectivity index (χ4v) is 4.92. The third kappa shape index (κ3) is 5.87. The molecule has 0 amide bonds. The number of halogens is 2. The van der Waals surface area contributed by atoms with E-state index in [4.69, 9.17) is 26.1 Å². The molecule has 12 heteroatoms. The van der Waals surface area contributed by atoms with Gasteiger partial charge in [0.15, 0.2) is 10.8 Å². The maximum absolute atomic E-state index is 13.8. The molecule has 1 aromatic heterocycles. The molecule has 2 aromatic rings. The van der Waals surface area contributed by atoms with Crippen LogP contribution in [0.15, 0.2) is 46.0 Å². The summed E-state index contributed by atoms with van der Waals surface area (Å²) in [4.78, 5) is 35.6. The highest BCUT2D eigenvalue weighted by Crippen LogP contribution is 2.37. The molecule has 0 radical (unpaired) electrons. The van der Waals surface area contributed by atoms with Crippen molar-refractivity contribution in [1.29, 1.82) is 0 Å². The van der Waals surface area contributed by atoms with Gasteiger partial charge < -0.3 is 19.9 Å². The Hall–Kier alpha value is -2.86. The van der Waals surface area contributed by atoms with E-state index in [-0.39, 0.29) is 42.8 Å². The lowest BCUT2D eigenvalue weighted by Gasteiger charge is -2.37. The van der Waals surface area contributed by atoms with Crippen LogP contribution in [0.1, 0.15) is 30.0 Å². The van der Waals surface area contributed by atoms with Gasteiger partial charge in [0.2, 0.25) is 0 Å². The van der Waals surface area contributed by atoms with Crippen LogP contribution in [-0.2, 0) is 19.1 Å². The number of rotatable bonds is 8. The lowest BCUT2D eigenvalue weighted by Crippen LogP contribution is -2.49. The van der Waals surface area contributed by atoms with Gasteiger partial charge in [-0.1, -0.05) is 17.7 Å². The summed E-state index contributed by atoms with van der Waals surface area (Å²) in [6.07, 6.45) is 1.53. The number of aliphatic imine (C=N–C) groups is 1. The molecule has 2 atom stereocenters. The SMILES string of the molecule is CCOC(=O)C1=C(CN2CCOCC2CC(=O)O)NC(c2nccs2)=NC1c1ccc(F)cc1Cl. The first-order valence-corrected chi connectivity index (χ1v) is 12.3. The number of aromatic nitrogens is 1. The van der Waals surface area contributed by atoms with Gasteiger partial charge in [-0.05, 0) is 19.1 Å². The highest BCUT2D eigenvalue weighted by molar-refractivity contribution is 7.11. The van der Waals surface area contributed by atoms with Gasteiger partial charge >= 0.3 is 11.9 Å². The number of aliphatic carboxylic acids is 1. The third-order valence-corrected chi connectivity index (χ3v) is 6.74. The summed E-state index contributed by atoms with van der Waals surface area (Å²) in [5, 5.41) is 15.1. The summed E-state index contributed by atoms with van der Waals surface area (Å²) in [6.45, 7) is 3.22. The largest absolute Gasteiger partial charge is 0.481 e. The van der Waals surface area contributed by atoms with Crippen LogP contribution in [0.4, 0.5) is 4.39 Å². The molecule has 0 bridgehead atoms. The fraction of sp³-hybridized carbons (Fsp3) is 0.391. The number of carboxylic acid groups (broad SMARTS) is 1. The van der Waals surface area contributed by atoms with Crippen LogP contribution in [0.25, 0.3) is 0 Å². The number of carboxylic acids is 1. The molecule has 4 rings (SSSR count). The molecule has 186 valence electrons. The standard InChI is InChI=1S/C23H24ClFN4O5S/c1-2-34-23(32)19-17(11-29-6-7-33-12-14(29)10-18(30)31)27-21(22-26-5-8-35-22)28-20(19)15-4-3-13(25)9-16(15)24/h3-5,8-9,14,20H,2,6-7,10-12H2,1H3,(H,27,28)(H,30,31). The number of carbonyl (C=O) groups excluding carboxylic acids is 1. The van der Waals surface area contributed by atoms with Gasteiger partial charge in [-0.25, -0.2) is 14.2 Å². The number of morpholine rings is 1. The van der Waals surface area contributed by atoms with Crippen molar-refractivity contribution < 1.29 is 28.6 Å². The smallest absolute Gasteiger partial charge is 0.338 e. The Morgan fingerprint density at radius 1 is 1.43 bits per heavy atom. The lowest BCUT2D eigenvalue weighted by atomic mass is 9.95. The summed E-state index contributed by atoms with van der Waals surface area (Å²) in [5.41, 5.74) is 1.15. The van der Waals surface area contributed by atoms with Gasteiger partial charge in [0.05, 0.1) is 31.8 Å². The predicted octanol–water partition coefficient (Wildman–Crippen LogP) is 3.02. The molecule has 2 aliphatic rings. The number of ether oxygens (including phenoxy) is 2. The van der Waals surface area contributed by atoms with E-state index >= 15 is 0 Å². The molecule has 2 N–H and O–H groups in total. The second-order valence-electron chi connectivity index (χ2n) is 7.92. The zero-order chi connectivity index (χ0) is 24.9. The van der Waals surface area contributed by atoms with Crippen LogP contribution in [0, 0.1) is 5.82 Å². The zero-order valence-electron chi connectivity index (χ0n) is 18.9. The van der Waals surface area contributed by atoms with Crippen molar-refractivity contribution in [2.24, 2.45) is 4.99 Å². The Labute approximate surface area is 210 Å². The zero-order valence-corrected chi connectivity index (χ0v) is 20.4. The number of carbonyl (C=O) groups is 2. The highest BCUT2D eigenvalue weighted by atomic mass is 35.5. The van der Waals surface area contributed by atoms with Crippen LogP contribution < -0.4 is 5.32 Å². The molecule has 2 aliphatic heterocycles. The quantitative estimate of drug-likeness (QED) is 0.509. The molecule has 35 heavy (non-hydrogen) atoms. The number of nitrogens with zero attached hydrogens (tertiary/aromatic N) is 3. The van der Waals surface area contributed by atoms with Crippen LogP contribution in [0.5, 0.6) is 0 Å². The van der Waals surface area contributed by atoms with Crippen molar-refractivity contribution in [2.75, 3.05) is 32.9 Å². The summed E-state index contributed by atoms with van der Waals surface area (Å²) in [5.74, 6) is -1.62. The van der Waals surface area contributed by atoms with Gasteiger partial charge in [0, 0.05) is 47.0 Å². The molecule has 1 saturated heterocycles. The maximum Gasteiger partial charge on any atom is 0.338 e. The van der Waals surface area contributed by atoms with Gasteiger partial charge in [-0.2, -0.15) is 0 Å². The minimum absolute atomic E-state index is 0.108. The number of benzene rings is 1. The predicted molar refractivity (Wildman–Crippen MR) is 128 cm³/mol. The molecule has 3 heterocycles. The van der Waals surface area contributed by atoms with Gasteiger partial charge in [0.25, 0.3) is 0 Å². The molecule has 0 saturated carbocycles. The van der Waals surface area contributed by atoms with Crippen molar-refractivity contribution in [3.63, 3.8) is 0 Å². The van der Waals surface area contributed by atoms with E-state index in [0.717, 1.165) is 0 Å². The number of esters is 1. The molecule has 1 aromatic carbocycles. The van der Waals surface area contributed by atoms with Crippen LogP contribution >= 0.6 is 22.9 Å². The van der Waals surface area contributed by atoms with Gasteiger partial charge in [-0.15, -0.1) is 11.3 Å². The summed E-state index contributed by atoms with van der Waals surface area (Å²) < 4.78 is 24.7. The Balaban J connectivity index is 1.81. The van der Waals surface area contributed by atoms with Crippen molar-refractivity contribution in [1.82, 2.24) is 15.2 Å². The number of hydrogen-bond donors (Lipinski definition) is 2. The second kappa shape index (κ2) is 11.3. The van der Waals surface area contributed by atoms with Crippen molar-refractivity contribution >= 4 is 40.7 Å². The van der Waals surface area contributed by atoms with Crippen molar-refractivity contribution in [3.05, 3.63) is 62.5 Å². The minimum Gasteiger partial charge on any atom is -0.481 e. The van der Waals surface area contributed by atoms with E-state index in [1.54, 1.807) is 18.5 Å². The minimum atomic E-state index is -0.942. The first-order chi connectivity index (χ1) is 16.9. The van der Waals surface area contributed by atoms with Crippen molar-refractivity contribution in [3.8, 4) is 0 Å². The average molecular weight is 523 g/mol. The van der Waals surface area contributed by atoms with Crippen LogP contribution in [0.3, 0.4) is 0 Å². The molecule has 0 spiro atoms. The van der Waals surface area contributed by atoms with E-state index in [1.165, 1.54) is 29.5 Å². The normalized spacial score (nSPS) is 20.8. The first kappa shape index (κ1) is 25.2. The average Bonchev–Trinajstić information content (AvgIpc) is 3.35. The molecule has 0 aliphatic carbocycles. The summed E-state index contributed by atoms with van der Waals surface area (Å²) >= 11 is 7.76. The maximum atomic E-state index is 13.8. The monoisotopic (exact) mass is 522 g/mol. The molecule has 9 nitrogen and oxygen atoms in total. The number of nitrogens with one attached hydrogen (secondary N) is 1. The molecular weight excluding hydrogens is 499 g/mol. The Bertz CT molecular complexity index is 1160. The summed E-state index contributed by atoms with van der Waals surface area (Å²) in [6, 6.07) is 2.67. The van der Waals surface area contributed by atoms with E-state index < -0.39 is 23.8 Å². The lowest BCUT2D eigenvalue weighted by molar-refractivity contribution is -0.141.